The summed E-state index contributed by atoms with van der Waals surface area (Å²) in [5.41, 5.74) is 2.46. The molecule has 1 aliphatic carbocycles. The number of nitrogens with one attached hydrogen (secondary N) is 2. The Morgan fingerprint density at radius 3 is 2.29 bits per heavy atom. The van der Waals surface area contributed by atoms with Gasteiger partial charge in [-0.25, -0.2) is 4.98 Å². The smallest absolute Gasteiger partial charge is 0.337 e. The first-order valence-corrected chi connectivity index (χ1v) is 11.4. The second kappa shape index (κ2) is 9.77. The van der Waals surface area contributed by atoms with Gasteiger partial charge in [0.05, 0.1) is 17.6 Å². The molecule has 11 heteroatoms. The third-order valence-corrected chi connectivity index (χ3v) is 6.38. The number of hydrogen-bond donors (Lipinski definition) is 2. The van der Waals surface area contributed by atoms with Crippen molar-refractivity contribution in [1.29, 1.82) is 0 Å². The molecule has 0 amide bonds. The summed E-state index contributed by atoms with van der Waals surface area (Å²) >= 11 is 0. The standard InChI is InChI=1S/C24H23F3N8/c25-24(26,27)21-11-9-19(14-28-21)29-22-12-10-20(30-31-22)18-7-5-17(6-8-18)16-3-1-15(2-4-16)13-23-32-34-35-33-23/h5-12,14-16H,1-4,13H2,(H,29,31)(H,32,33,34,35)/t15-,16-. The molecule has 0 atom stereocenters. The first-order valence-electron chi connectivity index (χ1n) is 11.4. The lowest BCUT2D eigenvalue weighted by Gasteiger charge is -2.28. The zero-order chi connectivity index (χ0) is 24.3. The Bertz CT molecular complexity index is 1220. The van der Waals surface area contributed by atoms with E-state index < -0.39 is 11.9 Å². The van der Waals surface area contributed by atoms with Gasteiger partial charge < -0.3 is 5.32 Å². The minimum absolute atomic E-state index is 0.399. The molecule has 2 N–H and O–H groups in total. The van der Waals surface area contributed by atoms with Crippen molar-refractivity contribution in [2.75, 3.05) is 5.32 Å². The van der Waals surface area contributed by atoms with Crippen LogP contribution in [-0.4, -0.2) is 35.8 Å². The normalized spacial score (nSPS) is 18.4. The van der Waals surface area contributed by atoms with Crippen LogP contribution < -0.4 is 5.32 Å². The maximum Gasteiger partial charge on any atom is 0.433 e. The van der Waals surface area contributed by atoms with Crippen molar-refractivity contribution in [3.8, 4) is 11.3 Å². The average molecular weight is 480 g/mol. The summed E-state index contributed by atoms with van der Waals surface area (Å²) in [5.74, 6) is 2.35. The van der Waals surface area contributed by atoms with E-state index in [9.17, 15) is 13.2 Å². The van der Waals surface area contributed by atoms with Gasteiger partial charge in [0.25, 0.3) is 0 Å². The first-order chi connectivity index (χ1) is 16.9. The van der Waals surface area contributed by atoms with E-state index in [2.05, 4.69) is 65.4 Å². The van der Waals surface area contributed by atoms with Gasteiger partial charge in [-0.3, -0.25) is 0 Å². The number of benzene rings is 1. The molecule has 0 spiro atoms. The number of pyridine rings is 1. The molecule has 3 aromatic heterocycles. The van der Waals surface area contributed by atoms with Crippen molar-refractivity contribution in [2.45, 2.75) is 44.2 Å². The predicted octanol–water partition coefficient (Wildman–Crippen LogP) is 5.33. The molecule has 0 radical (unpaired) electrons. The molecule has 0 unspecified atom stereocenters. The first kappa shape index (κ1) is 22.9. The fraction of sp³-hybridized carbons (Fsp3) is 0.333. The van der Waals surface area contributed by atoms with Crippen molar-refractivity contribution >= 4 is 11.5 Å². The van der Waals surface area contributed by atoms with Gasteiger partial charge in [-0.2, -0.15) is 18.4 Å². The van der Waals surface area contributed by atoms with Crippen molar-refractivity contribution in [1.82, 2.24) is 35.8 Å². The number of alkyl halides is 3. The highest BCUT2D eigenvalue weighted by Crippen LogP contribution is 2.37. The van der Waals surface area contributed by atoms with Crippen molar-refractivity contribution in [3.63, 3.8) is 0 Å². The van der Waals surface area contributed by atoms with E-state index in [1.807, 2.05) is 6.07 Å². The molecule has 1 aromatic carbocycles. The molecule has 180 valence electrons. The van der Waals surface area contributed by atoms with Crippen molar-refractivity contribution < 1.29 is 13.2 Å². The third-order valence-electron chi connectivity index (χ3n) is 6.38. The molecular formula is C24H23F3N8. The number of aromatic nitrogens is 7. The van der Waals surface area contributed by atoms with Gasteiger partial charge in [-0.1, -0.05) is 29.5 Å². The molecule has 4 aromatic rings. The summed E-state index contributed by atoms with van der Waals surface area (Å²) in [7, 11) is 0. The maximum absolute atomic E-state index is 12.6. The highest BCUT2D eigenvalue weighted by atomic mass is 19.4. The zero-order valence-corrected chi connectivity index (χ0v) is 18.7. The second-order valence-electron chi connectivity index (χ2n) is 8.73. The summed E-state index contributed by atoms with van der Waals surface area (Å²) in [6, 6.07) is 14.2. The number of halogens is 3. The summed E-state index contributed by atoms with van der Waals surface area (Å²) in [6.07, 6.45) is 2.11. The molecule has 1 aliphatic rings. The van der Waals surface area contributed by atoms with Crippen LogP contribution in [0, 0.1) is 5.92 Å². The highest BCUT2D eigenvalue weighted by Gasteiger charge is 2.32. The Kier molecular flexibility index (Phi) is 6.39. The molecule has 1 fully saturated rings. The SMILES string of the molecule is FC(F)(F)c1ccc(Nc2ccc(-c3ccc([C@H]4CC[C@H](Cc5nn[nH]n5)CC4)cc3)nn2)cn1. The van der Waals surface area contributed by atoms with Crippen LogP contribution >= 0.6 is 0 Å². The van der Waals surface area contributed by atoms with Gasteiger partial charge in [0, 0.05) is 12.0 Å². The lowest BCUT2D eigenvalue weighted by molar-refractivity contribution is -0.141. The number of hydrogen-bond acceptors (Lipinski definition) is 7. The van der Waals surface area contributed by atoms with Crippen LogP contribution in [0.4, 0.5) is 24.7 Å². The number of anilines is 2. The van der Waals surface area contributed by atoms with Crippen LogP contribution in [0.5, 0.6) is 0 Å². The number of nitrogens with zero attached hydrogens (tertiary/aromatic N) is 6. The van der Waals surface area contributed by atoms with E-state index in [-0.39, 0.29) is 0 Å². The van der Waals surface area contributed by atoms with Crippen LogP contribution in [0.3, 0.4) is 0 Å². The summed E-state index contributed by atoms with van der Waals surface area (Å²) in [4.78, 5) is 3.43. The molecule has 5 rings (SSSR count). The Morgan fingerprint density at radius 1 is 0.886 bits per heavy atom. The van der Waals surface area contributed by atoms with E-state index in [0.29, 0.717) is 23.3 Å². The summed E-state index contributed by atoms with van der Waals surface area (Å²) in [5, 5.41) is 25.6. The largest absolute Gasteiger partial charge is 0.433 e. The fourth-order valence-corrected chi connectivity index (χ4v) is 4.49. The van der Waals surface area contributed by atoms with Crippen molar-refractivity contribution in [3.05, 3.63) is 71.8 Å². The quantitative estimate of drug-likeness (QED) is 0.384. The van der Waals surface area contributed by atoms with E-state index in [0.717, 1.165) is 61.4 Å². The van der Waals surface area contributed by atoms with E-state index >= 15 is 0 Å². The van der Waals surface area contributed by atoms with Crippen molar-refractivity contribution in [2.24, 2.45) is 5.92 Å². The van der Waals surface area contributed by atoms with E-state index in [1.54, 1.807) is 6.07 Å². The number of aromatic amines is 1. The molecule has 3 heterocycles. The lowest BCUT2D eigenvalue weighted by Crippen LogP contribution is -2.16. The molecule has 8 nitrogen and oxygen atoms in total. The van der Waals surface area contributed by atoms with Gasteiger partial charge in [0.2, 0.25) is 0 Å². The third kappa shape index (κ3) is 5.61. The summed E-state index contributed by atoms with van der Waals surface area (Å²) < 4.78 is 37.9. The highest BCUT2D eigenvalue weighted by molar-refractivity contribution is 5.62. The Hall–Kier alpha value is -3.89. The number of rotatable bonds is 6. The molecule has 0 aliphatic heterocycles. The Labute approximate surface area is 199 Å². The molecule has 0 bridgehead atoms. The topological polar surface area (TPSA) is 105 Å². The van der Waals surface area contributed by atoms with Gasteiger partial charge in [0.15, 0.2) is 11.6 Å². The lowest BCUT2D eigenvalue weighted by atomic mass is 9.77. The minimum Gasteiger partial charge on any atom is -0.337 e. The average Bonchev–Trinajstić information content (AvgIpc) is 3.38. The maximum atomic E-state index is 12.6. The summed E-state index contributed by atoms with van der Waals surface area (Å²) in [6.45, 7) is 0. The van der Waals surface area contributed by atoms with Crippen LogP contribution in [0.1, 0.15) is 48.7 Å². The minimum atomic E-state index is -4.47. The van der Waals surface area contributed by atoms with E-state index in [1.165, 1.54) is 11.6 Å². The Morgan fingerprint density at radius 2 is 1.69 bits per heavy atom. The van der Waals surface area contributed by atoms with Crippen LogP contribution in [-0.2, 0) is 12.6 Å². The van der Waals surface area contributed by atoms with Gasteiger partial charge in [-0.05, 0) is 67.3 Å². The van der Waals surface area contributed by atoms with Crippen LogP contribution in [0.15, 0.2) is 54.7 Å². The van der Waals surface area contributed by atoms with Crippen LogP contribution in [0.2, 0.25) is 0 Å². The van der Waals surface area contributed by atoms with Gasteiger partial charge >= 0.3 is 6.18 Å². The van der Waals surface area contributed by atoms with Gasteiger partial charge in [0.1, 0.15) is 5.69 Å². The van der Waals surface area contributed by atoms with Crippen LogP contribution in [0.25, 0.3) is 11.3 Å². The molecule has 1 saturated carbocycles. The Balaban J connectivity index is 1.17. The second-order valence-corrected chi connectivity index (χ2v) is 8.73. The molecule has 35 heavy (non-hydrogen) atoms. The predicted molar refractivity (Wildman–Crippen MR) is 123 cm³/mol. The monoisotopic (exact) mass is 480 g/mol. The molecular weight excluding hydrogens is 457 g/mol. The zero-order valence-electron chi connectivity index (χ0n) is 18.7. The number of tetrazole rings is 1. The number of H-pyrrole nitrogens is 1. The molecule has 0 saturated heterocycles. The van der Waals surface area contributed by atoms with E-state index in [4.69, 9.17) is 0 Å². The fourth-order valence-electron chi connectivity index (χ4n) is 4.49. The van der Waals surface area contributed by atoms with Gasteiger partial charge in [-0.15, -0.1) is 20.4 Å².